The molecule has 3 aromatic carbocycles. The number of carbonyl (C=O) groups is 1. The minimum absolute atomic E-state index is 0.190. The summed E-state index contributed by atoms with van der Waals surface area (Å²) >= 11 is 7.55. The minimum Gasteiger partial charge on any atom is -0.497 e. The van der Waals surface area contributed by atoms with Gasteiger partial charge in [-0.25, -0.2) is 9.79 Å². The van der Waals surface area contributed by atoms with Crippen molar-refractivity contribution in [2.45, 2.75) is 26.5 Å². The monoisotopic (exact) mass is 599 g/mol. The molecule has 1 aliphatic rings. The molecule has 212 valence electrons. The van der Waals surface area contributed by atoms with E-state index in [1.54, 1.807) is 69.5 Å². The van der Waals surface area contributed by atoms with Crippen LogP contribution < -0.4 is 24.4 Å². The number of fused-ring (bicyclic) bond motifs is 1. The molecule has 10 heteroatoms. The molecule has 1 aromatic heterocycles. The van der Waals surface area contributed by atoms with Crippen LogP contribution in [0.3, 0.4) is 0 Å². The number of esters is 1. The first-order valence-corrected chi connectivity index (χ1v) is 14.3. The number of halogens is 1. The largest absolute Gasteiger partial charge is 0.497 e. The number of hydrogen-bond acceptors (Lipinski definition) is 8. The fourth-order valence-electron chi connectivity index (χ4n) is 4.63. The van der Waals surface area contributed by atoms with Gasteiger partial charge >= 0.3 is 5.97 Å². The van der Waals surface area contributed by atoms with Gasteiger partial charge in [-0.05, 0) is 73.5 Å². The number of nitrogens with zero attached hydrogens (tertiary/aromatic N) is 3. The standard InChI is InChI=1S/C32H26ClN3O5S/c1-4-40-31(38)28-19(2)35-32-36(29(28)22-9-12-25(39-3)13-10-22)30(37)27(42-32)16-23-15-24(33)11-14-26(23)41-18-21-7-5-20(17-34)6-8-21/h5-16,29H,4,18H2,1-3H3/b27-16-/t29-/m0/s1. The van der Waals surface area contributed by atoms with Crippen LogP contribution in [-0.2, 0) is 16.1 Å². The number of allylic oxidation sites excluding steroid dienone is 1. The molecule has 0 fully saturated rings. The fourth-order valence-corrected chi connectivity index (χ4v) is 5.85. The maximum atomic E-state index is 14.0. The van der Waals surface area contributed by atoms with Crippen LogP contribution in [0.25, 0.3) is 6.08 Å². The lowest BCUT2D eigenvalue weighted by molar-refractivity contribution is -0.139. The van der Waals surface area contributed by atoms with E-state index in [4.69, 9.17) is 31.1 Å². The molecule has 0 bridgehead atoms. The third-order valence-corrected chi connectivity index (χ3v) is 7.90. The second kappa shape index (κ2) is 12.5. The van der Waals surface area contributed by atoms with Gasteiger partial charge in [-0.2, -0.15) is 5.26 Å². The molecule has 0 N–H and O–H groups in total. The van der Waals surface area contributed by atoms with Crippen molar-refractivity contribution in [3.63, 3.8) is 0 Å². The van der Waals surface area contributed by atoms with Gasteiger partial charge in [0.2, 0.25) is 0 Å². The van der Waals surface area contributed by atoms with Crippen molar-refractivity contribution in [1.29, 1.82) is 5.26 Å². The summed E-state index contributed by atoms with van der Waals surface area (Å²) in [7, 11) is 1.57. The minimum atomic E-state index is -0.736. The van der Waals surface area contributed by atoms with Gasteiger partial charge in [0, 0.05) is 10.6 Å². The maximum absolute atomic E-state index is 14.0. The van der Waals surface area contributed by atoms with Crippen molar-refractivity contribution in [3.8, 4) is 17.6 Å². The summed E-state index contributed by atoms with van der Waals surface area (Å²) in [5, 5.41) is 9.53. The molecule has 0 spiro atoms. The third-order valence-electron chi connectivity index (χ3n) is 6.68. The number of ether oxygens (including phenoxy) is 3. The Balaban J connectivity index is 1.59. The first-order chi connectivity index (χ1) is 20.3. The average molecular weight is 600 g/mol. The molecule has 0 aliphatic carbocycles. The quantitative estimate of drug-likeness (QED) is 0.267. The number of aromatic nitrogens is 1. The highest BCUT2D eigenvalue weighted by atomic mass is 35.5. The van der Waals surface area contributed by atoms with Crippen molar-refractivity contribution in [3.05, 3.63) is 125 Å². The number of nitriles is 1. The van der Waals surface area contributed by atoms with Gasteiger partial charge in [0.05, 0.1) is 47.2 Å². The molecule has 1 atom stereocenters. The highest BCUT2D eigenvalue weighted by Crippen LogP contribution is 2.32. The van der Waals surface area contributed by atoms with Crippen LogP contribution in [0.15, 0.2) is 87.8 Å². The Morgan fingerprint density at radius 3 is 2.55 bits per heavy atom. The lowest BCUT2D eigenvalue weighted by Crippen LogP contribution is -2.39. The zero-order chi connectivity index (χ0) is 29.8. The van der Waals surface area contributed by atoms with E-state index < -0.39 is 12.0 Å². The van der Waals surface area contributed by atoms with Crippen molar-refractivity contribution < 1.29 is 19.0 Å². The first-order valence-electron chi connectivity index (χ1n) is 13.1. The van der Waals surface area contributed by atoms with E-state index in [-0.39, 0.29) is 18.8 Å². The summed E-state index contributed by atoms with van der Waals surface area (Å²) in [4.78, 5) is 32.2. The number of hydrogen-bond donors (Lipinski definition) is 0. The van der Waals surface area contributed by atoms with E-state index in [1.165, 1.54) is 15.9 Å². The molecule has 5 rings (SSSR count). The highest BCUT2D eigenvalue weighted by molar-refractivity contribution is 7.07. The van der Waals surface area contributed by atoms with Crippen molar-refractivity contribution in [2.75, 3.05) is 13.7 Å². The number of thiazole rings is 1. The predicted molar refractivity (Wildman–Crippen MR) is 160 cm³/mol. The zero-order valence-corrected chi connectivity index (χ0v) is 24.7. The van der Waals surface area contributed by atoms with Crippen LogP contribution >= 0.6 is 22.9 Å². The smallest absolute Gasteiger partial charge is 0.338 e. The molecule has 0 saturated heterocycles. The fraction of sp³-hybridized carbons (Fsp3) is 0.188. The van der Waals surface area contributed by atoms with E-state index in [9.17, 15) is 9.59 Å². The summed E-state index contributed by atoms with van der Waals surface area (Å²) in [6.07, 6.45) is 1.72. The van der Waals surface area contributed by atoms with Crippen molar-refractivity contribution in [2.24, 2.45) is 4.99 Å². The van der Waals surface area contributed by atoms with Gasteiger partial charge in [-0.3, -0.25) is 9.36 Å². The molecule has 1 aliphatic heterocycles. The molecule has 4 aromatic rings. The van der Waals surface area contributed by atoms with E-state index in [1.807, 2.05) is 24.3 Å². The molecular formula is C32H26ClN3O5S. The van der Waals surface area contributed by atoms with E-state index >= 15 is 0 Å². The van der Waals surface area contributed by atoms with Gasteiger partial charge < -0.3 is 14.2 Å². The van der Waals surface area contributed by atoms with Crippen LogP contribution in [0, 0.1) is 11.3 Å². The van der Waals surface area contributed by atoms with Crippen molar-refractivity contribution in [1.82, 2.24) is 4.57 Å². The molecule has 0 amide bonds. The molecule has 0 unspecified atom stereocenters. The van der Waals surface area contributed by atoms with E-state index in [0.29, 0.717) is 48.3 Å². The van der Waals surface area contributed by atoms with Crippen LogP contribution in [0.4, 0.5) is 0 Å². The zero-order valence-electron chi connectivity index (χ0n) is 23.1. The molecule has 0 saturated carbocycles. The average Bonchev–Trinajstić information content (AvgIpc) is 3.30. The highest BCUT2D eigenvalue weighted by Gasteiger charge is 2.33. The number of rotatable bonds is 8. The van der Waals surface area contributed by atoms with Crippen molar-refractivity contribution >= 4 is 35.0 Å². The number of methoxy groups -OCH3 is 1. The van der Waals surface area contributed by atoms with Crippen LogP contribution in [-0.4, -0.2) is 24.3 Å². The summed E-state index contributed by atoms with van der Waals surface area (Å²) in [6.45, 7) is 3.92. The normalized spacial score (nSPS) is 14.5. The molecule has 42 heavy (non-hydrogen) atoms. The maximum Gasteiger partial charge on any atom is 0.338 e. The van der Waals surface area contributed by atoms with Crippen LogP contribution in [0.5, 0.6) is 11.5 Å². The molecule has 8 nitrogen and oxygen atoms in total. The Hall–Kier alpha value is -4.65. The Kier molecular flexibility index (Phi) is 8.57. The van der Waals surface area contributed by atoms with Gasteiger partial charge in [0.1, 0.15) is 18.1 Å². The Labute approximate surface area is 251 Å². The van der Waals surface area contributed by atoms with Gasteiger partial charge in [-0.15, -0.1) is 0 Å². The summed E-state index contributed by atoms with van der Waals surface area (Å²) in [6, 6.07) is 20.9. The van der Waals surface area contributed by atoms with Gasteiger partial charge in [0.25, 0.3) is 5.56 Å². The topological polar surface area (TPSA) is 103 Å². The predicted octanol–water partition coefficient (Wildman–Crippen LogP) is 4.91. The second-order valence-corrected chi connectivity index (χ2v) is 10.8. The summed E-state index contributed by atoms with van der Waals surface area (Å²) in [5.41, 5.74) is 3.25. The lowest BCUT2D eigenvalue weighted by atomic mass is 9.96. The van der Waals surface area contributed by atoms with Crippen LogP contribution in [0.2, 0.25) is 5.02 Å². The second-order valence-electron chi connectivity index (χ2n) is 9.35. The molecule has 2 heterocycles. The molecular weight excluding hydrogens is 574 g/mol. The van der Waals surface area contributed by atoms with Gasteiger partial charge in [0.15, 0.2) is 4.80 Å². The van der Waals surface area contributed by atoms with E-state index in [2.05, 4.69) is 11.1 Å². The third kappa shape index (κ3) is 5.86. The SMILES string of the molecule is CCOC(=O)C1=C(C)N=c2s/c(=C\c3cc(Cl)ccc3OCc3ccc(C#N)cc3)c(=O)n2[C@H]1c1ccc(OC)cc1. The van der Waals surface area contributed by atoms with Crippen LogP contribution in [0.1, 0.15) is 42.1 Å². The Bertz CT molecular complexity index is 1900. The Morgan fingerprint density at radius 2 is 1.88 bits per heavy atom. The first kappa shape index (κ1) is 28.9. The Morgan fingerprint density at radius 1 is 1.14 bits per heavy atom. The number of carbonyl (C=O) groups excluding carboxylic acids is 1. The lowest BCUT2D eigenvalue weighted by Gasteiger charge is -2.24. The number of benzene rings is 3. The molecule has 0 radical (unpaired) electrons. The summed E-state index contributed by atoms with van der Waals surface area (Å²) < 4.78 is 18.7. The van der Waals surface area contributed by atoms with E-state index in [0.717, 1.165) is 11.1 Å². The summed E-state index contributed by atoms with van der Waals surface area (Å²) in [5.74, 6) is 0.658. The van der Waals surface area contributed by atoms with Gasteiger partial charge in [-0.1, -0.05) is 47.2 Å².